The van der Waals surface area contributed by atoms with Gasteiger partial charge >= 0.3 is 0 Å². The molecule has 0 bridgehead atoms. The van der Waals surface area contributed by atoms with Gasteiger partial charge in [-0.2, -0.15) is 0 Å². The number of aromatic nitrogens is 2. The molecule has 0 aliphatic heterocycles. The summed E-state index contributed by atoms with van der Waals surface area (Å²) in [4.78, 5) is 5.38. The van der Waals surface area contributed by atoms with Gasteiger partial charge in [0.1, 0.15) is 0 Å². The van der Waals surface area contributed by atoms with E-state index in [0.29, 0.717) is 16.9 Å². The minimum Gasteiger partial charge on any atom is -0.390 e. The summed E-state index contributed by atoms with van der Waals surface area (Å²) in [5, 5.41) is 9.21. The monoisotopic (exact) mass is 257 g/mol. The predicted molar refractivity (Wildman–Crippen MR) is 72.5 cm³/mol. The number of nitrogens with one attached hydrogen (secondary N) is 1. The highest BCUT2D eigenvalue weighted by Crippen LogP contribution is 2.07. The molecule has 17 heavy (non-hydrogen) atoms. The van der Waals surface area contributed by atoms with Crippen molar-refractivity contribution in [1.82, 2.24) is 14.5 Å². The van der Waals surface area contributed by atoms with Crippen molar-refractivity contribution in [1.29, 1.82) is 0 Å². The molecular formula is C12H23N3OS. The molecule has 0 aromatic carbocycles. The van der Waals surface area contributed by atoms with Crippen LogP contribution in [0.15, 0.2) is 6.20 Å². The van der Waals surface area contributed by atoms with Gasteiger partial charge in [-0.3, -0.25) is 4.90 Å². The van der Waals surface area contributed by atoms with Crippen LogP contribution in [0.3, 0.4) is 0 Å². The van der Waals surface area contributed by atoms with Crippen LogP contribution >= 0.6 is 12.2 Å². The van der Waals surface area contributed by atoms with Gasteiger partial charge in [-0.15, -0.1) is 0 Å². The van der Waals surface area contributed by atoms with Gasteiger partial charge in [-0.25, -0.2) is 0 Å². The smallest absolute Gasteiger partial charge is 0.177 e. The second kappa shape index (κ2) is 6.33. The summed E-state index contributed by atoms with van der Waals surface area (Å²) in [5.41, 5.74) is 0.850. The Hall–Kier alpha value is -0.650. The van der Waals surface area contributed by atoms with E-state index in [-0.39, 0.29) is 6.61 Å². The molecule has 0 aliphatic rings. The van der Waals surface area contributed by atoms with Crippen LogP contribution in [0.5, 0.6) is 0 Å². The van der Waals surface area contributed by atoms with Crippen molar-refractivity contribution in [2.24, 2.45) is 0 Å². The van der Waals surface area contributed by atoms with Crippen molar-refractivity contribution in [3.8, 4) is 0 Å². The molecule has 1 rings (SSSR count). The number of aromatic amines is 1. The molecule has 0 saturated carbocycles. The molecule has 2 N–H and O–H groups in total. The van der Waals surface area contributed by atoms with Gasteiger partial charge in [-0.1, -0.05) is 0 Å². The number of rotatable bonds is 6. The lowest BCUT2D eigenvalue weighted by Gasteiger charge is -2.30. The summed E-state index contributed by atoms with van der Waals surface area (Å²) in [7, 11) is 0. The fourth-order valence-electron chi connectivity index (χ4n) is 2.14. The summed E-state index contributed by atoms with van der Waals surface area (Å²) >= 11 is 5.20. The Morgan fingerprint density at radius 2 is 1.94 bits per heavy atom. The van der Waals surface area contributed by atoms with E-state index in [4.69, 9.17) is 12.2 Å². The third-order valence-corrected chi connectivity index (χ3v) is 3.36. The first kappa shape index (κ1) is 14.4. The second-order valence-electron chi connectivity index (χ2n) is 4.82. The summed E-state index contributed by atoms with van der Waals surface area (Å²) < 4.78 is 2.65. The zero-order chi connectivity index (χ0) is 13.0. The van der Waals surface area contributed by atoms with Gasteiger partial charge in [0.2, 0.25) is 0 Å². The molecular weight excluding hydrogens is 234 g/mol. The molecule has 0 aliphatic carbocycles. The molecule has 5 heteroatoms. The van der Waals surface area contributed by atoms with E-state index in [1.807, 2.05) is 4.57 Å². The number of H-pyrrole nitrogens is 1. The fraction of sp³-hybridized carbons (Fsp3) is 0.750. The van der Waals surface area contributed by atoms with Crippen molar-refractivity contribution >= 4 is 12.2 Å². The number of hydrogen-bond donors (Lipinski definition) is 2. The van der Waals surface area contributed by atoms with E-state index >= 15 is 0 Å². The standard InChI is InChI=1S/C12H23N3OS/c1-9(2)14(10(3)4)5-6-15-11(8-16)7-13-12(15)17/h7,9-10,16H,5-6,8H2,1-4H3,(H,13,17). The van der Waals surface area contributed by atoms with Crippen LogP contribution in [-0.4, -0.2) is 38.2 Å². The Morgan fingerprint density at radius 3 is 2.41 bits per heavy atom. The maximum absolute atomic E-state index is 9.21. The van der Waals surface area contributed by atoms with Gasteiger partial charge in [0.15, 0.2) is 4.77 Å². The van der Waals surface area contributed by atoms with E-state index in [0.717, 1.165) is 18.8 Å². The third kappa shape index (κ3) is 3.66. The molecule has 0 amide bonds. The van der Waals surface area contributed by atoms with Crippen LogP contribution < -0.4 is 0 Å². The van der Waals surface area contributed by atoms with Crippen molar-refractivity contribution in [2.75, 3.05) is 6.54 Å². The zero-order valence-electron chi connectivity index (χ0n) is 11.1. The molecule has 0 atom stereocenters. The average molecular weight is 257 g/mol. The van der Waals surface area contributed by atoms with Gasteiger partial charge in [0.05, 0.1) is 12.3 Å². The lowest BCUT2D eigenvalue weighted by atomic mass is 10.2. The quantitative estimate of drug-likeness (QED) is 0.768. The zero-order valence-corrected chi connectivity index (χ0v) is 11.9. The molecule has 1 aromatic heterocycles. The number of hydrogen-bond acceptors (Lipinski definition) is 3. The lowest BCUT2D eigenvalue weighted by molar-refractivity contribution is 0.166. The van der Waals surface area contributed by atoms with Crippen LogP contribution in [0, 0.1) is 4.77 Å². The van der Waals surface area contributed by atoms with E-state index in [1.165, 1.54) is 0 Å². The Balaban J connectivity index is 2.71. The maximum Gasteiger partial charge on any atom is 0.177 e. The first-order valence-corrected chi connectivity index (χ1v) is 6.51. The van der Waals surface area contributed by atoms with Crippen LogP contribution in [-0.2, 0) is 13.2 Å². The van der Waals surface area contributed by atoms with Crippen LogP contribution in [0.4, 0.5) is 0 Å². The van der Waals surface area contributed by atoms with E-state index in [2.05, 4.69) is 37.6 Å². The maximum atomic E-state index is 9.21. The Bertz CT molecular complexity index is 387. The number of imidazole rings is 1. The van der Waals surface area contributed by atoms with Gasteiger partial charge in [0.25, 0.3) is 0 Å². The predicted octanol–water partition coefficient (Wildman–Crippen LogP) is 2.16. The SMILES string of the molecule is CC(C)N(CCn1c(CO)c[nH]c1=S)C(C)C. The molecule has 0 radical (unpaired) electrons. The highest BCUT2D eigenvalue weighted by molar-refractivity contribution is 7.71. The topological polar surface area (TPSA) is 44.2 Å². The van der Waals surface area contributed by atoms with Crippen LogP contribution in [0.25, 0.3) is 0 Å². The van der Waals surface area contributed by atoms with Gasteiger partial charge in [0, 0.05) is 31.4 Å². The first-order valence-electron chi connectivity index (χ1n) is 6.11. The summed E-state index contributed by atoms with van der Waals surface area (Å²) in [6.45, 7) is 10.6. The normalized spacial score (nSPS) is 12.0. The van der Waals surface area contributed by atoms with Gasteiger partial charge in [-0.05, 0) is 39.9 Å². The van der Waals surface area contributed by atoms with E-state index in [9.17, 15) is 5.11 Å². The molecule has 0 fully saturated rings. The minimum absolute atomic E-state index is 0.0243. The van der Waals surface area contributed by atoms with Crippen molar-refractivity contribution in [2.45, 2.75) is 52.9 Å². The first-order chi connectivity index (χ1) is 7.97. The van der Waals surface area contributed by atoms with E-state index < -0.39 is 0 Å². The molecule has 1 aromatic rings. The third-order valence-electron chi connectivity index (χ3n) is 3.02. The molecule has 0 spiro atoms. The Morgan fingerprint density at radius 1 is 1.35 bits per heavy atom. The highest BCUT2D eigenvalue weighted by Gasteiger charge is 2.13. The number of nitrogens with zero attached hydrogens (tertiary/aromatic N) is 2. The highest BCUT2D eigenvalue weighted by atomic mass is 32.1. The second-order valence-corrected chi connectivity index (χ2v) is 5.21. The van der Waals surface area contributed by atoms with Crippen molar-refractivity contribution in [3.63, 3.8) is 0 Å². The van der Waals surface area contributed by atoms with Crippen LogP contribution in [0.1, 0.15) is 33.4 Å². The van der Waals surface area contributed by atoms with Crippen LogP contribution in [0.2, 0.25) is 0 Å². The lowest BCUT2D eigenvalue weighted by Crippen LogP contribution is -2.39. The molecule has 4 nitrogen and oxygen atoms in total. The molecule has 98 valence electrons. The number of aliphatic hydroxyl groups is 1. The van der Waals surface area contributed by atoms with Gasteiger partial charge < -0.3 is 14.7 Å². The largest absolute Gasteiger partial charge is 0.390 e. The minimum atomic E-state index is 0.0243. The van der Waals surface area contributed by atoms with Crippen molar-refractivity contribution < 1.29 is 5.11 Å². The fourth-order valence-corrected chi connectivity index (χ4v) is 2.40. The summed E-state index contributed by atoms with van der Waals surface area (Å²) in [5.74, 6) is 0. The van der Waals surface area contributed by atoms with E-state index in [1.54, 1.807) is 6.20 Å². The summed E-state index contributed by atoms with van der Waals surface area (Å²) in [6, 6.07) is 1.03. The Labute approximate surface area is 108 Å². The molecule has 0 unspecified atom stereocenters. The summed E-state index contributed by atoms with van der Waals surface area (Å²) in [6.07, 6.45) is 1.78. The molecule has 1 heterocycles. The Kier molecular flexibility index (Phi) is 5.36. The average Bonchev–Trinajstić information content (AvgIpc) is 2.59. The molecule has 0 saturated heterocycles. The van der Waals surface area contributed by atoms with Crippen molar-refractivity contribution in [3.05, 3.63) is 16.7 Å². The number of aliphatic hydroxyl groups excluding tert-OH is 1.